The van der Waals surface area contributed by atoms with Crippen LogP contribution in [0.4, 0.5) is 17.3 Å². The van der Waals surface area contributed by atoms with Gasteiger partial charge in [0.2, 0.25) is 5.82 Å². The minimum atomic E-state index is -0.423. The molecular formula is C13H21N5O2. The first-order valence-corrected chi connectivity index (χ1v) is 7.02. The number of nitrogens with two attached hydrogens (primary N) is 1. The second-order valence-corrected chi connectivity index (χ2v) is 5.24. The van der Waals surface area contributed by atoms with Gasteiger partial charge in [0, 0.05) is 12.1 Å². The molecule has 0 aromatic carbocycles. The van der Waals surface area contributed by atoms with Gasteiger partial charge in [-0.05, 0) is 37.7 Å². The molecule has 0 radical (unpaired) electrons. The fourth-order valence-corrected chi connectivity index (χ4v) is 2.69. The second kappa shape index (κ2) is 6.51. The summed E-state index contributed by atoms with van der Waals surface area (Å²) in [5.74, 6) is 6.80. The van der Waals surface area contributed by atoms with E-state index in [0.717, 1.165) is 31.6 Å². The van der Waals surface area contributed by atoms with Crippen LogP contribution >= 0.6 is 0 Å². The summed E-state index contributed by atoms with van der Waals surface area (Å²) in [4.78, 5) is 14.8. The lowest BCUT2D eigenvalue weighted by Crippen LogP contribution is -2.27. The Balaban J connectivity index is 2.09. The van der Waals surface area contributed by atoms with Crippen molar-refractivity contribution in [2.45, 2.75) is 45.1 Å². The van der Waals surface area contributed by atoms with E-state index in [1.165, 1.54) is 18.6 Å². The maximum absolute atomic E-state index is 11.0. The molecule has 0 saturated heterocycles. The van der Waals surface area contributed by atoms with Crippen LogP contribution in [-0.4, -0.2) is 15.9 Å². The van der Waals surface area contributed by atoms with Gasteiger partial charge in [-0.3, -0.25) is 10.1 Å². The molecule has 0 atom stereocenters. The molecule has 1 aromatic heterocycles. The quantitative estimate of drug-likeness (QED) is 0.434. The van der Waals surface area contributed by atoms with Gasteiger partial charge < -0.3 is 10.7 Å². The van der Waals surface area contributed by atoms with E-state index in [1.807, 2.05) is 0 Å². The summed E-state index contributed by atoms with van der Waals surface area (Å²) in [7, 11) is 0. The highest BCUT2D eigenvalue weighted by Gasteiger charge is 2.23. The normalized spacial score (nSPS) is 22.3. The maximum atomic E-state index is 11.0. The fourth-order valence-electron chi connectivity index (χ4n) is 2.69. The van der Waals surface area contributed by atoms with E-state index in [4.69, 9.17) is 5.84 Å². The summed E-state index contributed by atoms with van der Waals surface area (Å²) in [6, 6.07) is 3.16. The van der Waals surface area contributed by atoms with Crippen molar-refractivity contribution in [3.05, 3.63) is 22.2 Å². The van der Waals surface area contributed by atoms with Gasteiger partial charge in [-0.15, -0.1) is 0 Å². The zero-order valence-corrected chi connectivity index (χ0v) is 11.6. The summed E-state index contributed by atoms with van der Waals surface area (Å²) in [6.07, 6.45) is 5.58. The molecule has 2 rings (SSSR count). The van der Waals surface area contributed by atoms with Crippen molar-refractivity contribution in [1.82, 2.24) is 4.98 Å². The molecule has 20 heavy (non-hydrogen) atoms. The summed E-state index contributed by atoms with van der Waals surface area (Å²) < 4.78 is 0. The summed E-state index contributed by atoms with van der Waals surface area (Å²) in [5.41, 5.74) is 2.40. The molecule has 0 aliphatic heterocycles. The fraction of sp³-hybridized carbons (Fsp3) is 0.615. The van der Waals surface area contributed by atoms with Crippen molar-refractivity contribution in [1.29, 1.82) is 0 Å². The van der Waals surface area contributed by atoms with E-state index in [9.17, 15) is 10.1 Å². The lowest BCUT2D eigenvalue weighted by atomic mass is 9.84. The van der Waals surface area contributed by atoms with Crippen molar-refractivity contribution < 1.29 is 4.92 Å². The van der Waals surface area contributed by atoms with Crippen molar-refractivity contribution >= 4 is 17.3 Å². The minimum Gasteiger partial charge on any atom is -0.362 e. The first-order valence-electron chi connectivity index (χ1n) is 7.02. The molecular weight excluding hydrogens is 258 g/mol. The number of anilines is 2. The number of hydrogen-bond donors (Lipinski definition) is 3. The van der Waals surface area contributed by atoms with E-state index in [2.05, 4.69) is 22.7 Å². The Morgan fingerprint density at radius 2 is 2.10 bits per heavy atom. The molecule has 7 heteroatoms. The van der Waals surface area contributed by atoms with E-state index < -0.39 is 4.92 Å². The average molecular weight is 279 g/mol. The molecule has 1 aliphatic rings. The maximum Gasteiger partial charge on any atom is 0.311 e. The van der Waals surface area contributed by atoms with Crippen LogP contribution in [0.15, 0.2) is 12.1 Å². The van der Waals surface area contributed by atoms with Crippen molar-refractivity contribution in [2.75, 3.05) is 10.7 Å². The zero-order valence-electron chi connectivity index (χ0n) is 11.6. The zero-order chi connectivity index (χ0) is 14.5. The Kier molecular flexibility index (Phi) is 4.73. The van der Waals surface area contributed by atoms with Crippen molar-refractivity contribution in [3.63, 3.8) is 0 Å². The Hall–Kier alpha value is -1.89. The van der Waals surface area contributed by atoms with Gasteiger partial charge in [-0.25, -0.2) is 10.8 Å². The van der Waals surface area contributed by atoms with Gasteiger partial charge in [0.1, 0.15) is 5.82 Å². The minimum absolute atomic E-state index is 0.0124. The lowest BCUT2D eigenvalue weighted by Gasteiger charge is -2.28. The number of nitro groups is 1. The van der Waals surface area contributed by atoms with E-state index in [0.29, 0.717) is 11.6 Å². The highest BCUT2D eigenvalue weighted by molar-refractivity contribution is 5.60. The van der Waals surface area contributed by atoms with Crippen LogP contribution in [-0.2, 0) is 0 Å². The summed E-state index contributed by atoms with van der Waals surface area (Å²) >= 11 is 0. The third-order valence-corrected chi connectivity index (χ3v) is 3.98. The molecule has 1 heterocycles. The van der Waals surface area contributed by atoms with Crippen LogP contribution in [0.25, 0.3) is 0 Å². The molecule has 1 aliphatic carbocycles. The van der Waals surface area contributed by atoms with Gasteiger partial charge in [-0.2, -0.15) is 0 Å². The monoisotopic (exact) mass is 279 g/mol. The predicted octanol–water partition coefficient (Wildman–Crippen LogP) is 2.66. The summed E-state index contributed by atoms with van der Waals surface area (Å²) in [6.45, 7) is 2.21. The van der Waals surface area contributed by atoms with E-state index in [-0.39, 0.29) is 11.7 Å². The van der Waals surface area contributed by atoms with Crippen LogP contribution in [0.5, 0.6) is 0 Å². The molecule has 1 fully saturated rings. The van der Waals surface area contributed by atoms with Crippen LogP contribution in [0.2, 0.25) is 0 Å². The Morgan fingerprint density at radius 1 is 1.40 bits per heavy atom. The van der Waals surface area contributed by atoms with Gasteiger partial charge >= 0.3 is 5.69 Å². The number of rotatable bonds is 5. The predicted molar refractivity (Wildman–Crippen MR) is 78.4 cm³/mol. The number of aromatic nitrogens is 1. The van der Waals surface area contributed by atoms with Crippen LogP contribution < -0.4 is 16.6 Å². The highest BCUT2D eigenvalue weighted by atomic mass is 16.6. The smallest absolute Gasteiger partial charge is 0.311 e. The third kappa shape index (κ3) is 3.36. The van der Waals surface area contributed by atoms with Crippen molar-refractivity contribution in [2.24, 2.45) is 11.8 Å². The second-order valence-electron chi connectivity index (χ2n) is 5.24. The molecule has 110 valence electrons. The standard InChI is InChI=1S/C13H21N5O2/c1-2-9-3-5-10(6-4-9)15-13-11(18(19)20)7-8-12(16-13)17-14/h7-10H,2-6,14H2,1H3,(H2,15,16,17). The molecule has 4 N–H and O–H groups in total. The van der Waals surface area contributed by atoms with Gasteiger partial charge in [0.25, 0.3) is 0 Å². The van der Waals surface area contributed by atoms with Gasteiger partial charge in [0.15, 0.2) is 0 Å². The van der Waals surface area contributed by atoms with Crippen LogP contribution in [0.1, 0.15) is 39.0 Å². The number of pyridine rings is 1. The van der Waals surface area contributed by atoms with Crippen LogP contribution in [0.3, 0.4) is 0 Å². The van der Waals surface area contributed by atoms with Crippen molar-refractivity contribution in [3.8, 4) is 0 Å². The molecule has 0 unspecified atom stereocenters. The molecule has 1 saturated carbocycles. The number of nitrogen functional groups attached to an aromatic ring is 1. The topological polar surface area (TPSA) is 106 Å². The molecule has 7 nitrogen and oxygen atoms in total. The highest BCUT2D eigenvalue weighted by Crippen LogP contribution is 2.31. The molecule has 1 aromatic rings. The number of hydrogen-bond acceptors (Lipinski definition) is 6. The molecule has 0 bridgehead atoms. The average Bonchev–Trinajstić information content (AvgIpc) is 2.47. The first kappa shape index (κ1) is 14.5. The van der Waals surface area contributed by atoms with Gasteiger partial charge in [0.05, 0.1) is 4.92 Å². The SMILES string of the molecule is CCC1CCC(Nc2nc(NN)ccc2[N+](=O)[O-])CC1. The number of hydrazine groups is 1. The Labute approximate surface area is 118 Å². The van der Waals surface area contributed by atoms with E-state index >= 15 is 0 Å². The first-order chi connectivity index (χ1) is 9.63. The van der Waals surface area contributed by atoms with Crippen LogP contribution in [0, 0.1) is 16.0 Å². The molecule has 0 spiro atoms. The van der Waals surface area contributed by atoms with E-state index in [1.54, 1.807) is 0 Å². The lowest BCUT2D eigenvalue weighted by molar-refractivity contribution is -0.384. The largest absolute Gasteiger partial charge is 0.362 e. The third-order valence-electron chi connectivity index (χ3n) is 3.98. The number of nitrogens with one attached hydrogen (secondary N) is 2. The Bertz CT molecular complexity index is 472. The molecule has 0 amide bonds. The number of nitrogens with zero attached hydrogens (tertiary/aromatic N) is 2. The Morgan fingerprint density at radius 3 is 2.65 bits per heavy atom. The van der Waals surface area contributed by atoms with Gasteiger partial charge in [-0.1, -0.05) is 13.3 Å². The summed E-state index contributed by atoms with van der Waals surface area (Å²) in [5, 5.41) is 14.2.